The van der Waals surface area contributed by atoms with Crippen molar-refractivity contribution in [3.05, 3.63) is 18.2 Å². The molecule has 0 saturated carbocycles. The van der Waals surface area contributed by atoms with Crippen LogP contribution in [0.15, 0.2) is 12.4 Å². The summed E-state index contributed by atoms with van der Waals surface area (Å²) in [5.74, 6) is 1.09. The predicted octanol–water partition coefficient (Wildman–Crippen LogP) is 4.86. The van der Waals surface area contributed by atoms with Crippen LogP contribution in [-0.2, 0) is 6.42 Å². The van der Waals surface area contributed by atoms with E-state index in [1.54, 1.807) is 6.20 Å². The fourth-order valence-electron chi connectivity index (χ4n) is 0.671. The fourth-order valence-corrected chi connectivity index (χ4v) is 0.671. The maximum absolute atomic E-state index is 10.7. The molecule has 1 N–H and O–H groups in total. The fraction of sp³-hybridized carbons (Fsp3) is 0.500. The van der Waals surface area contributed by atoms with E-state index in [1.807, 2.05) is 6.20 Å². The molecule has 2 nitrogen and oxygen atoms in total. The summed E-state index contributed by atoms with van der Waals surface area (Å²) in [5.41, 5.74) is 0. The monoisotopic (exact) mass is 256 g/mol. The molecule has 1 rings (SSSR count). The zero-order valence-electron chi connectivity index (χ0n) is 8.73. The maximum atomic E-state index is 9.87. The summed E-state index contributed by atoms with van der Waals surface area (Å²) in [6.45, 7) is 2.14. The van der Waals surface area contributed by atoms with Gasteiger partial charge in [-0.1, -0.05) is 6.92 Å². The van der Waals surface area contributed by atoms with Gasteiger partial charge in [-0.05, 0) is 6.42 Å². The van der Waals surface area contributed by atoms with Gasteiger partial charge >= 0.3 is 34.4 Å². The Balaban J connectivity index is 0. The summed E-state index contributed by atoms with van der Waals surface area (Å²) in [6.07, 6.45) is 5.86. The Kier molecular flexibility index (Phi) is 3.47. The second-order valence-corrected chi connectivity index (χ2v) is 4.66. The number of aromatic amines is 1. The van der Waals surface area contributed by atoms with Crippen LogP contribution in [0.3, 0.4) is 0 Å². The van der Waals surface area contributed by atoms with E-state index < -0.39 is 7.81 Å². The molecule has 0 bridgehead atoms. The van der Waals surface area contributed by atoms with E-state index in [2.05, 4.69) is 16.9 Å². The standard InChI is InChI=1S/C6H10N2.F6P/c1-2-3-6-7-4-5-8-6;1-7(2,3,4,5)6/h4-5H,2-3H2,1H3,(H,7,8);/q;-1/p+1. The molecule has 0 radical (unpaired) electrons. The van der Waals surface area contributed by atoms with Crippen molar-refractivity contribution in [2.45, 2.75) is 19.8 Å². The third-order valence-corrected chi connectivity index (χ3v) is 1.04. The molecule has 0 aliphatic carbocycles. The van der Waals surface area contributed by atoms with E-state index in [1.165, 1.54) is 0 Å². The number of H-pyrrole nitrogens is 1. The molecule has 92 valence electrons. The Morgan fingerprint density at radius 3 is 2.00 bits per heavy atom. The predicted molar refractivity (Wildman–Crippen MR) is 47.3 cm³/mol. The quantitative estimate of drug-likeness (QED) is 0.594. The molecule has 0 fully saturated rings. The first-order valence-corrected chi connectivity index (χ1v) is 5.96. The smallest absolute Gasteiger partial charge is 1.00 e. The van der Waals surface area contributed by atoms with Crippen molar-refractivity contribution < 1.29 is 26.6 Å². The molecule has 9 heteroatoms. The van der Waals surface area contributed by atoms with E-state index in [0.29, 0.717) is 0 Å². The van der Waals surface area contributed by atoms with Crippen molar-refractivity contribution in [1.82, 2.24) is 9.97 Å². The van der Waals surface area contributed by atoms with Crippen LogP contribution in [0.1, 0.15) is 20.6 Å². The number of nitrogens with zero attached hydrogens (tertiary/aromatic N) is 1. The van der Waals surface area contributed by atoms with Crippen molar-refractivity contribution in [3.63, 3.8) is 0 Å². The minimum Gasteiger partial charge on any atom is 1.00 e. The van der Waals surface area contributed by atoms with Crippen molar-refractivity contribution in [3.8, 4) is 0 Å². The third kappa shape index (κ3) is 19.6. The van der Waals surface area contributed by atoms with Crippen LogP contribution in [0.2, 0.25) is 0 Å². The maximum Gasteiger partial charge on any atom is 1.00 e. The van der Waals surface area contributed by atoms with Crippen molar-refractivity contribution in [2.75, 3.05) is 0 Å². The minimum absolute atomic E-state index is 0. The molecule has 15 heavy (non-hydrogen) atoms. The summed E-state index contributed by atoms with van der Waals surface area (Å²) < 4.78 is 59.2. The summed E-state index contributed by atoms with van der Waals surface area (Å²) in [6, 6.07) is 0. The largest absolute Gasteiger partial charge is 1.00 e. The summed E-state index contributed by atoms with van der Waals surface area (Å²) >= 11 is 0. The summed E-state index contributed by atoms with van der Waals surface area (Å²) in [5, 5.41) is 0. The van der Waals surface area contributed by atoms with Gasteiger partial charge in [-0.15, -0.1) is 0 Å². The van der Waals surface area contributed by atoms with Crippen LogP contribution >= 0.6 is 7.81 Å². The zero-order chi connectivity index (χ0) is 12.2. The molecule has 0 aliphatic rings. The molecule has 0 amide bonds. The van der Waals surface area contributed by atoms with Crippen LogP contribution in [-0.4, -0.2) is 9.97 Å². The molecule has 0 unspecified atom stereocenters. The van der Waals surface area contributed by atoms with Gasteiger partial charge in [-0.25, -0.2) is 4.98 Å². The van der Waals surface area contributed by atoms with Crippen LogP contribution in [0.25, 0.3) is 0 Å². The number of aryl methyl sites for hydroxylation is 1. The molecule has 1 aromatic heterocycles. The van der Waals surface area contributed by atoms with Gasteiger partial charge in [0.1, 0.15) is 5.82 Å². The number of halogens is 6. The van der Waals surface area contributed by atoms with E-state index in [0.717, 1.165) is 18.7 Å². The molecule has 1 aromatic rings. The Morgan fingerprint density at radius 2 is 1.73 bits per heavy atom. The van der Waals surface area contributed by atoms with Gasteiger partial charge in [0, 0.05) is 18.8 Å². The molecule has 0 aliphatic heterocycles. The van der Waals surface area contributed by atoms with Crippen molar-refractivity contribution >= 4 is 7.81 Å². The van der Waals surface area contributed by atoms with Gasteiger partial charge in [0.2, 0.25) is 0 Å². The third-order valence-electron chi connectivity index (χ3n) is 1.04. The van der Waals surface area contributed by atoms with Crippen LogP contribution in [0, 0.1) is 0 Å². The average Bonchev–Trinajstić information content (AvgIpc) is 2.32. The molecule has 0 saturated heterocycles. The van der Waals surface area contributed by atoms with Crippen molar-refractivity contribution in [2.24, 2.45) is 0 Å². The Hall–Kier alpha value is -0.780. The van der Waals surface area contributed by atoms with Gasteiger partial charge in [-0.2, -0.15) is 0 Å². The molecule has 0 atom stereocenters. The van der Waals surface area contributed by atoms with E-state index in [4.69, 9.17) is 0 Å². The first-order valence-electron chi connectivity index (χ1n) is 3.93. The normalized spacial score (nSPS) is 15.9. The van der Waals surface area contributed by atoms with E-state index in [9.17, 15) is 25.2 Å². The molecular weight excluding hydrogens is 245 g/mol. The van der Waals surface area contributed by atoms with Crippen LogP contribution in [0.4, 0.5) is 25.2 Å². The number of hydrogen-bond acceptors (Lipinski definition) is 1. The first kappa shape index (κ1) is 14.2. The van der Waals surface area contributed by atoms with E-state index >= 15 is 0 Å². The van der Waals surface area contributed by atoms with Gasteiger partial charge in [0.25, 0.3) is 0 Å². The van der Waals surface area contributed by atoms with E-state index in [-0.39, 0.29) is 1.43 Å². The molecular formula is C6H11F6N2P. The molecule has 1 heterocycles. The van der Waals surface area contributed by atoms with Crippen LogP contribution in [0.5, 0.6) is 0 Å². The Bertz CT molecular complexity index is 281. The number of imidazole rings is 1. The number of rotatable bonds is 2. The Labute approximate surface area is 83.4 Å². The topological polar surface area (TPSA) is 28.7 Å². The van der Waals surface area contributed by atoms with Gasteiger partial charge in [0.05, 0.1) is 0 Å². The molecule has 0 aromatic carbocycles. The minimum atomic E-state index is -10.7. The number of hydrogen-bond donors (Lipinski definition) is 1. The SMILES string of the molecule is CCCc1ncc[nH]1.F[P-](F)(F)(F)(F)F.[H+]. The zero-order valence-corrected chi connectivity index (χ0v) is 8.63. The number of aromatic nitrogens is 2. The number of nitrogens with one attached hydrogen (secondary N) is 1. The summed E-state index contributed by atoms with van der Waals surface area (Å²) in [4.78, 5) is 7.08. The molecule has 0 spiro atoms. The van der Waals surface area contributed by atoms with Gasteiger partial charge in [0.15, 0.2) is 0 Å². The van der Waals surface area contributed by atoms with Gasteiger partial charge < -0.3 is 4.98 Å². The van der Waals surface area contributed by atoms with Gasteiger partial charge in [-0.3, -0.25) is 0 Å². The Morgan fingerprint density at radius 1 is 1.27 bits per heavy atom. The summed E-state index contributed by atoms with van der Waals surface area (Å²) in [7, 11) is -10.7. The second-order valence-electron chi connectivity index (χ2n) is 2.74. The van der Waals surface area contributed by atoms with Crippen molar-refractivity contribution in [1.29, 1.82) is 0 Å². The second kappa shape index (κ2) is 3.66. The average molecular weight is 256 g/mol. The first-order chi connectivity index (χ1) is 6.38. The van der Waals surface area contributed by atoms with Crippen LogP contribution < -0.4 is 0 Å².